The number of rotatable bonds is 0. The minimum absolute atomic E-state index is 0.449. The molecule has 1 saturated heterocycles. The molecule has 0 amide bonds. The van der Waals surface area contributed by atoms with Crippen LogP contribution < -0.4 is 0 Å². The smallest absolute Gasteiger partial charge is 0.230 e. The fraction of sp³-hybridized carbons (Fsp3) is 0.857. The van der Waals surface area contributed by atoms with Gasteiger partial charge < -0.3 is 0 Å². The van der Waals surface area contributed by atoms with Gasteiger partial charge in [-0.25, -0.2) is 4.58 Å². The Morgan fingerprint density at radius 2 is 1.64 bits per heavy atom. The van der Waals surface area contributed by atoms with Crippen molar-refractivity contribution in [1.82, 2.24) is 0 Å². The van der Waals surface area contributed by atoms with E-state index in [0.717, 1.165) is 19.8 Å². The zero-order valence-electron chi connectivity index (χ0n) is 6.41. The number of hydrogen-bond acceptors (Lipinski definition) is 0. The second kappa shape index (κ2) is 2.83. The second-order valence-electron chi connectivity index (χ2n) is 2.78. The number of alkyl halides is 3. The highest BCUT2D eigenvalue weighted by Gasteiger charge is 2.40. The van der Waals surface area contributed by atoms with Gasteiger partial charge >= 0.3 is 6.18 Å². The van der Waals surface area contributed by atoms with Crippen LogP contribution in [0.15, 0.2) is 0 Å². The van der Waals surface area contributed by atoms with Crippen LogP contribution in [0.25, 0.3) is 0 Å². The molecule has 0 aromatic heterocycles. The molecule has 1 rings (SSSR count). The van der Waals surface area contributed by atoms with Crippen LogP contribution in [0.5, 0.6) is 0 Å². The van der Waals surface area contributed by atoms with Crippen LogP contribution in [-0.4, -0.2) is 29.6 Å². The van der Waals surface area contributed by atoms with E-state index in [1.54, 1.807) is 0 Å². The summed E-state index contributed by atoms with van der Waals surface area (Å²) in [7, 11) is 0. The first-order valence-electron chi connectivity index (χ1n) is 3.67. The molecule has 4 heteroatoms. The van der Waals surface area contributed by atoms with E-state index in [9.17, 15) is 13.2 Å². The van der Waals surface area contributed by atoms with Gasteiger partial charge in [0.2, 0.25) is 0 Å². The molecule has 0 bridgehead atoms. The first-order valence-corrected chi connectivity index (χ1v) is 3.67. The van der Waals surface area contributed by atoms with Crippen molar-refractivity contribution >= 4 is 5.71 Å². The second-order valence-corrected chi connectivity index (χ2v) is 2.78. The number of halogens is 3. The van der Waals surface area contributed by atoms with E-state index in [1.807, 2.05) is 0 Å². The topological polar surface area (TPSA) is 3.01 Å². The maximum Gasteiger partial charge on any atom is 0.472 e. The minimum atomic E-state index is -4.13. The lowest BCUT2D eigenvalue weighted by atomic mass is 10.4. The molecule has 0 aromatic rings. The number of nitrogens with zero attached hydrogens (tertiary/aromatic N) is 1. The van der Waals surface area contributed by atoms with Gasteiger partial charge in [-0.05, 0) is 0 Å². The van der Waals surface area contributed by atoms with Crippen molar-refractivity contribution in [2.75, 3.05) is 13.1 Å². The van der Waals surface area contributed by atoms with Gasteiger partial charge in [-0.3, -0.25) is 0 Å². The molecule has 1 aliphatic heterocycles. The van der Waals surface area contributed by atoms with E-state index < -0.39 is 11.9 Å². The fourth-order valence-corrected chi connectivity index (χ4v) is 1.23. The van der Waals surface area contributed by atoms with Crippen molar-refractivity contribution in [3.05, 3.63) is 0 Å². The standard InChI is InChI=1S/C7H11F3N/c1-6(7(8,9)10)11-4-2-3-5-11/h2-5H2,1H3/q+1. The zero-order valence-corrected chi connectivity index (χ0v) is 6.41. The van der Waals surface area contributed by atoms with Crippen LogP contribution >= 0.6 is 0 Å². The van der Waals surface area contributed by atoms with Crippen LogP contribution in [0.4, 0.5) is 13.2 Å². The van der Waals surface area contributed by atoms with Crippen LogP contribution in [0, 0.1) is 0 Å². The number of hydrogen-bond donors (Lipinski definition) is 0. The Morgan fingerprint density at radius 3 is 2.00 bits per heavy atom. The molecular weight excluding hydrogens is 155 g/mol. The third-order valence-electron chi connectivity index (χ3n) is 1.99. The summed E-state index contributed by atoms with van der Waals surface area (Å²) >= 11 is 0. The monoisotopic (exact) mass is 166 g/mol. The third kappa shape index (κ3) is 1.94. The highest BCUT2D eigenvalue weighted by atomic mass is 19.4. The van der Waals surface area contributed by atoms with Crippen molar-refractivity contribution < 1.29 is 17.7 Å². The average molecular weight is 166 g/mol. The van der Waals surface area contributed by atoms with Gasteiger partial charge in [0.05, 0.1) is 0 Å². The van der Waals surface area contributed by atoms with Gasteiger partial charge in [-0.2, -0.15) is 13.2 Å². The summed E-state index contributed by atoms with van der Waals surface area (Å²) in [6, 6.07) is 0. The van der Waals surface area contributed by atoms with Crippen LogP contribution in [0.1, 0.15) is 19.8 Å². The van der Waals surface area contributed by atoms with Crippen molar-refractivity contribution in [2.24, 2.45) is 0 Å². The molecule has 1 fully saturated rings. The third-order valence-corrected chi connectivity index (χ3v) is 1.99. The summed E-state index contributed by atoms with van der Waals surface area (Å²) in [6.07, 6.45) is -2.37. The zero-order chi connectivity index (χ0) is 8.48. The van der Waals surface area contributed by atoms with E-state index in [1.165, 1.54) is 4.58 Å². The average Bonchev–Trinajstić information content (AvgIpc) is 2.34. The predicted molar refractivity (Wildman–Crippen MR) is 36.0 cm³/mol. The van der Waals surface area contributed by atoms with E-state index in [-0.39, 0.29) is 0 Å². The summed E-state index contributed by atoms with van der Waals surface area (Å²) in [6.45, 7) is 2.27. The molecule has 0 spiro atoms. The van der Waals surface area contributed by atoms with Gasteiger partial charge in [-0.1, -0.05) is 0 Å². The lowest BCUT2D eigenvalue weighted by Crippen LogP contribution is -2.29. The van der Waals surface area contributed by atoms with Crippen molar-refractivity contribution in [1.29, 1.82) is 0 Å². The quantitative estimate of drug-likeness (QED) is 0.483. The van der Waals surface area contributed by atoms with Crippen LogP contribution in [0.2, 0.25) is 0 Å². The van der Waals surface area contributed by atoms with Gasteiger partial charge in [0.25, 0.3) is 5.71 Å². The Balaban J connectivity index is 2.77. The fourth-order valence-electron chi connectivity index (χ4n) is 1.23. The van der Waals surface area contributed by atoms with E-state index in [2.05, 4.69) is 0 Å². The van der Waals surface area contributed by atoms with Gasteiger partial charge in [0.1, 0.15) is 13.1 Å². The van der Waals surface area contributed by atoms with Crippen molar-refractivity contribution in [3.63, 3.8) is 0 Å². The first-order chi connectivity index (χ1) is 5.02. The Morgan fingerprint density at radius 1 is 1.18 bits per heavy atom. The van der Waals surface area contributed by atoms with E-state index in [0.29, 0.717) is 13.1 Å². The summed E-state index contributed by atoms with van der Waals surface area (Å²) in [4.78, 5) is 0. The Bertz CT molecular complexity index is 173. The molecule has 11 heavy (non-hydrogen) atoms. The highest BCUT2D eigenvalue weighted by Crippen LogP contribution is 2.18. The summed E-state index contributed by atoms with van der Waals surface area (Å²) < 4.78 is 37.5. The molecule has 1 aliphatic rings. The maximum atomic E-state index is 12.0. The van der Waals surface area contributed by atoms with Gasteiger partial charge in [-0.15, -0.1) is 0 Å². The normalized spacial score (nSPS) is 19.1. The SMILES string of the molecule is CC(=[N+]1CCCC1)C(F)(F)F. The molecule has 0 atom stereocenters. The molecule has 0 aliphatic carbocycles. The molecular formula is C7H11F3N+. The van der Waals surface area contributed by atoms with Crippen molar-refractivity contribution in [3.8, 4) is 0 Å². The molecule has 0 aromatic carbocycles. The lowest BCUT2D eigenvalue weighted by molar-refractivity contribution is -0.514. The first kappa shape index (κ1) is 8.56. The van der Waals surface area contributed by atoms with E-state index in [4.69, 9.17) is 0 Å². The molecule has 0 radical (unpaired) electrons. The molecule has 0 unspecified atom stereocenters. The maximum absolute atomic E-state index is 12.0. The Labute approximate surface area is 63.5 Å². The van der Waals surface area contributed by atoms with Crippen LogP contribution in [0.3, 0.4) is 0 Å². The minimum Gasteiger partial charge on any atom is -0.230 e. The summed E-state index contributed by atoms with van der Waals surface area (Å²) in [5.41, 5.74) is -0.449. The summed E-state index contributed by atoms with van der Waals surface area (Å²) in [5.74, 6) is 0. The molecule has 1 heterocycles. The molecule has 64 valence electrons. The Kier molecular flexibility index (Phi) is 2.20. The van der Waals surface area contributed by atoms with Gasteiger partial charge in [0.15, 0.2) is 0 Å². The van der Waals surface area contributed by atoms with E-state index >= 15 is 0 Å². The van der Waals surface area contributed by atoms with Gasteiger partial charge in [0, 0.05) is 19.8 Å². The highest BCUT2D eigenvalue weighted by molar-refractivity contribution is 5.82. The largest absolute Gasteiger partial charge is 0.472 e. The Hall–Kier alpha value is -0.540. The van der Waals surface area contributed by atoms with Crippen LogP contribution in [-0.2, 0) is 0 Å². The predicted octanol–water partition coefficient (Wildman–Crippen LogP) is 1.82. The lowest BCUT2D eigenvalue weighted by Gasteiger charge is -2.03. The summed E-state index contributed by atoms with van der Waals surface area (Å²) in [5, 5.41) is 0. The molecule has 1 nitrogen and oxygen atoms in total. The molecule has 0 N–H and O–H groups in total. The van der Waals surface area contributed by atoms with Crippen molar-refractivity contribution in [2.45, 2.75) is 25.9 Å². The molecule has 0 saturated carbocycles.